The van der Waals surface area contributed by atoms with E-state index in [1.807, 2.05) is 0 Å². The summed E-state index contributed by atoms with van der Waals surface area (Å²) in [6.07, 6.45) is 6.19. The van der Waals surface area contributed by atoms with Gasteiger partial charge in [0.1, 0.15) is 0 Å². The van der Waals surface area contributed by atoms with E-state index in [-0.39, 0.29) is 11.3 Å². The molecule has 8 nitrogen and oxygen atoms in total. The molecule has 0 unspecified atom stereocenters. The Morgan fingerprint density at radius 1 is 1.17 bits per heavy atom. The second kappa shape index (κ2) is 9.29. The van der Waals surface area contributed by atoms with E-state index < -0.39 is 21.5 Å². The van der Waals surface area contributed by atoms with Crippen LogP contribution in [0.3, 0.4) is 0 Å². The van der Waals surface area contributed by atoms with Gasteiger partial charge in [-0.05, 0) is 18.6 Å². The summed E-state index contributed by atoms with van der Waals surface area (Å²) in [5, 5.41) is 21.6. The Balaban J connectivity index is 2.70. The van der Waals surface area contributed by atoms with Gasteiger partial charge in [0.05, 0.1) is 28.1 Å². The van der Waals surface area contributed by atoms with Crippen LogP contribution in [0.25, 0.3) is 6.08 Å². The first-order valence-electron chi connectivity index (χ1n) is 7.23. The molecule has 0 aliphatic heterocycles. The maximum absolute atomic E-state index is 11.5. The van der Waals surface area contributed by atoms with Crippen molar-refractivity contribution in [1.29, 1.82) is 0 Å². The van der Waals surface area contributed by atoms with Crippen molar-refractivity contribution in [3.63, 3.8) is 0 Å². The highest BCUT2D eigenvalue weighted by Gasteiger charge is 2.17. The Morgan fingerprint density at radius 3 is 2.52 bits per heavy atom. The van der Waals surface area contributed by atoms with Gasteiger partial charge in [-0.1, -0.05) is 26.2 Å². The smallest absolute Gasteiger partial charge is 0.330 e. The van der Waals surface area contributed by atoms with E-state index in [9.17, 15) is 25.0 Å². The minimum absolute atomic E-state index is 0.100. The first-order valence-corrected chi connectivity index (χ1v) is 7.23. The van der Waals surface area contributed by atoms with Crippen LogP contribution in [0.5, 0.6) is 0 Å². The quantitative estimate of drug-likeness (QED) is 0.225. The predicted octanol–water partition coefficient (Wildman–Crippen LogP) is 3.64. The summed E-state index contributed by atoms with van der Waals surface area (Å²) in [5.74, 6) is -0.603. The van der Waals surface area contributed by atoms with Crippen LogP contribution in [0.4, 0.5) is 11.4 Å². The first-order chi connectivity index (χ1) is 11.0. The summed E-state index contributed by atoms with van der Waals surface area (Å²) >= 11 is 0. The van der Waals surface area contributed by atoms with Crippen molar-refractivity contribution in [1.82, 2.24) is 0 Å². The van der Waals surface area contributed by atoms with Gasteiger partial charge in [-0.15, -0.1) is 0 Å². The van der Waals surface area contributed by atoms with Gasteiger partial charge in [0.25, 0.3) is 11.4 Å². The fourth-order valence-electron chi connectivity index (χ4n) is 1.85. The van der Waals surface area contributed by atoms with Gasteiger partial charge >= 0.3 is 5.97 Å². The summed E-state index contributed by atoms with van der Waals surface area (Å²) in [6.45, 7) is 2.37. The van der Waals surface area contributed by atoms with Crippen molar-refractivity contribution in [3.05, 3.63) is 50.1 Å². The zero-order valence-corrected chi connectivity index (χ0v) is 12.8. The summed E-state index contributed by atoms with van der Waals surface area (Å²) in [7, 11) is 0. The number of benzene rings is 1. The van der Waals surface area contributed by atoms with Crippen LogP contribution in [0.15, 0.2) is 24.3 Å². The third-order valence-corrected chi connectivity index (χ3v) is 3.06. The van der Waals surface area contributed by atoms with E-state index in [0.29, 0.717) is 6.61 Å². The van der Waals surface area contributed by atoms with Crippen LogP contribution >= 0.6 is 0 Å². The molecule has 0 fully saturated rings. The number of ether oxygens (including phenoxy) is 1. The van der Waals surface area contributed by atoms with Gasteiger partial charge in [0.15, 0.2) is 0 Å². The number of unbranched alkanes of at least 4 members (excludes halogenated alkanes) is 3. The molecule has 0 heterocycles. The molecule has 8 heteroatoms. The Morgan fingerprint density at radius 2 is 1.91 bits per heavy atom. The molecule has 0 N–H and O–H groups in total. The highest BCUT2D eigenvalue weighted by Crippen LogP contribution is 2.25. The lowest BCUT2D eigenvalue weighted by molar-refractivity contribution is -0.394. The maximum Gasteiger partial charge on any atom is 0.330 e. The van der Waals surface area contributed by atoms with E-state index in [2.05, 4.69) is 6.92 Å². The minimum Gasteiger partial charge on any atom is -0.463 e. The molecule has 0 aliphatic carbocycles. The van der Waals surface area contributed by atoms with E-state index in [4.69, 9.17) is 4.74 Å². The van der Waals surface area contributed by atoms with E-state index in [1.54, 1.807) is 0 Å². The summed E-state index contributed by atoms with van der Waals surface area (Å²) < 4.78 is 4.97. The Kier molecular flexibility index (Phi) is 7.38. The molecule has 1 aromatic rings. The Labute approximate surface area is 133 Å². The van der Waals surface area contributed by atoms with Gasteiger partial charge in [-0.25, -0.2) is 4.79 Å². The van der Waals surface area contributed by atoms with Crippen LogP contribution < -0.4 is 0 Å². The number of rotatable bonds is 9. The highest BCUT2D eigenvalue weighted by molar-refractivity contribution is 5.88. The largest absolute Gasteiger partial charge is 0.463 e. The molecule has 0 saturated heterocycles. The zero-order chi connectivity index (χ0) is 17.2. The van der Waals surface area contributed by atoms with Crippen molar-refractivity contribution < 1.29 is 19.4 Å². The second-order valence-corrected chi connectivity index (χ2v) is 4.82. The lowest BCUT2D eigenvalue weighted by Gasteiger charge is -2.01. The Bertz CT molecular complexity index is 612. The molecule has 23 heavy (non-hydrogen) atoms. The summed E-state index contributed by atoms with van der Waals surface area (Å²) in [5.41, 5.74) is -0.720. The van der Waals surface area contributed by atoms with Gasteiger partial charge in [-0.3, -0.25) is 20.2 Å². The molecule has 0 radical (unpaired) electrons. The molecule has 1 aromatic carbocycles. The number of hydrogen-bond acceptors (Lipinski definition) is 6. The number of carbonyl (C=O) groups excluding carboxylic acids is 1. The standard InChI is InChI=1S/C15H18N2O6/c1-2-3-4-5-10-23-15(18)9-7-12-6-8-13(16(19)20)11-14(12)17(21)22/h6-9,11H,2-5,10H2,1H3/b9-7+. The molecule has 0 aliphatic rings. The van der Waals surface area contributed by atoms with Gasteiger partial charge in [-0.2, -0.15) is 0 Å². The summed E-state index contributed by atoms with van der Waals surface area (Å²) in [4.78, 5) is 31.7. The van der Waals surface area contributed by atoms with Crippen molar-refractivity contribution in [2.24, 2.45) is 0 Å². The molecule has 0 aromatic heterocycles. The monoisotopic (exact) mass is 322 g/mol. The molecule has 0 spiro atoms. The lowest BCUT2D eigenvalue weighted by atomic mass is 10.1. The van der Waals surface area contributed by atoms with E-state index in [0.717, 1.165) is 43.9 Å². The topological polar surface area (TPSA) is 113 Å². The molecule has 0 atom stereocenters. The predicted molar refractivity (Wildman–Crippen MR) is 83.9 cm³/mol. The fraction of sp³-hybridized carbons (Fsp3) is 0.400. The second-order valence-electron chi connectivity index (χ2n) is 4.82. The first kappa shape index (κ1) is 18.3. The van der Waals surface area contributed by atoms with Crippen LogP contribution in [-0.2, 0) is 9.53 Å². The number of non-ortho nitro benzene ring substituents is 1. The van der Waals surface area contributed by atoms with Crippen LogP contribution in [0.1, 0.15) is 38.2 Å². The number of nitrogens with zero attached hydrogens (tertiary/aromatic N) is 2. The summed E-state index contributed by atoms with van der Waals surface area (Å²) in [6, 6.07) is 3.22. The molecular formula is C15H18N2O6. The van der Waals surface area contributed by atoms with Crippen molar-refractivity contribution in [2.45, 2.75) is 32.6 Å². The zero-order valence-electron chi connectivity index (χ0n) is 12.8. The van der Waals surface area contributed by atoms with Crippen LogP contribution in [0, 0.1) is 20.2 Å². The number of nitro groups is 2. The number of esters is 1. The van der Waals surface area contributed by atoms with E-state index in [1.165, 1.54) is 12.1 Å². The van der Waals surface area contributed by atoms with Crippen LogP contribution in [-0.4, -0.2) is 22.4 Å². The lowest BCUT2D eigenvalue weighted by Crippen LogP contribution is -2.02. The van der Waals surface area contributed by atoms with Crippen LogP contribution in [0.2, 0.25) is 0 Å². The molecular weight excluding hydrogens is 304 g/mol. The number of carbonyl (C=O) groups is 1. The van der Waals surface area contributed by atoms with Crippen molar-refractivity contribution in [3.8, 4) is 0 Å². The highest BCUT2D eigenvalue weighted by atomic mass is 16.6. The molecule has 1 rings (SSSR count). The average molecular weight is 322 g/mol. The third-order valence-electron chi connectivity index (χ3n) is 3.06. The van der Waals surface area contributed by atoms with Gasteiger partial charge < -0.3 is 4.74 Å². The molecule has 124 valence electrons. The van der Waals surface area contributed by atoms with Gasteiger partial charge in [0, 0.05) is 12.1 Å². The SMILES string of the molecule is CCCCCCOC(=O)/C=C/c1ccc([N+](=O)[O-])cc1[N+](=O)[O-]. The normalized spacial score (nSPS) is 10.7. The van der Waals surface area contributed by atoms with E-state index >= 15 is 0 Å². The minimum atomic E-state index is -0.733. The van der Waals surface area contributed by atoms with Crippen molar-refractivity contribution >= 4 is 23.4 Å². The molecule has 0 saturated carbocycles. The molecule has 0 bridgehead atoms. The Hall–Kier alpha value is -2.77. The van der Waals surface area contributed by atoms with Crippen molar-refractivity contribution in [2.75, 3.05) is 6.61 Å². The fourth-order valence-corrected chi connectivity index (χ4v) is 1.85. The number of nitro benzene ring substituents is 2. The molecule has 0 amide bonds. The average Bonchev–Trinajstić information content (AvgIpc) is 2.52. The third kappa shape index (κ3) is 6.25. The maximum atomic E-state index is 11.5. The number of hydrogen-bond donors (Lipinski definition) is 0. The van der Waals surface area contributed by atoms with Gasteiger partial charge in [0.2, 0.25) is 0 Å².